The van der Waals surface area contributed by atoms with Gasteiger partial charge in [0.15, 0.2) is 9.76 Å². The Morgan fingerprint density at radius 1 is 1.25 bits per heavy atom. The van der Waals surface area contributed by atoms with Gasteiger partial charge < -0.3 is 4.43 Å². The molecule has 0 N–H and O–H groups in total. The lowest BCUT2D eigenvalue weighted by molar-refractivity contribution is 0.373. The fraction of sp³-hybridized carbons (Fsp3) is 0.600. The van der Waals surface area contributed by atoms with Gasteiger partial charge in [-0.25, -0.2) is 0 Å². The molecule has 68 valence electrons. The molecule has 0 amide bonds. The Morgan fingerprint density at radius 3 is 2.33 bits per heavy atom. The molecular formula is C10H18OSi. The van der Waals surface area contributed by atoms with Gasteiger partial charge in [0.2, 0.25) is 0 Å². The van der Waals surface area contributed by atoms with E-state index >= 15 is 0 Å². The molecule has 0 saturated heterocycles. The van der Waals surface area contributed by atoms with Crippen LogP contribution < -0.4 is 0 Å². The molecule has 1 aliphatic rings. The molecule has 0 aromatic carbocycles. The van der Waals surface area contributed by atoms with Crippen molar-refractivity contribution in [3.05, 3.63) is 22.3 Å². The molecule has 0 fully saturated rings. The molecule has 0 spiro atoms. The van der Waals surface area contributed by atoms with E-state index in [1.54, 1.807) is 0 Å². The van der Waals surface area contributed by atoms with Crippen LogP contribution in [0.25, 0.3) is 0 Å². The third-order valence-corrected chi connectivity index (χ3v) is 3.30. The summed E-state index contributed by atoms with van der Waals surface area (Å²) in [6.45, 7) is 9.69. The second kappa shape index (κ2) is 4.05. The first kappa shape index (κ1) is 9.74. The van der Waals surface area contributed by atoms with Crippen LogP contribution in [0.5, 0.6) is 0 Å². The molecule has 0 heterocycles. The summed E-state index contributed by atoms with van der Waals surface area (Å²) in [4.78, 5) is 0. The lowest BCUT2D eigenvalue weighted by Crippen LogP contribution is -1.99. The van der Waals surface area contributed by atoms with E-state index in [-0.39, 0.29) is 9.76 Å². The Hall–Kier alpha value is -0.343. The summed E-state index contributed by atoms with van der Waals surface area (Å²) < 4.78 is 5.54. The van der Waals surface area contributed by atoms with Crippen LogP contribution in [-0.2, 0) is 4.43 Å². The van der Waals surface area contributed by atoms with Crippen LogP contribution in [0.3, 0.4) is 0 Å². The standard InChI is InChI=1S/C10H18OSi/c1-7-5-10(6-11-12-4)9(3)8(7)2/h5-6,12H2,1-4H3. The summed E-state index contributed by atoms with van der Waals surface area (Å²) in [6, 6.07) is 0. The second-order valence-electron chi connectivity index (χ2n) is 3.45. The lowest BCUT2D eigenvalue weighted by atomic mass is 10.1. The van der Waals surface area contributed by atoms with E-state index in [0.717, 1.165) is 13.0 Å². The van der Waals surface area contributed by atoms with Crippen molar-refractivity contribution >= 4 is 9.76 Å². The maximum absolute atomic E-state index is 5.54. The van der Waals surface area contributed by atoms with E-state index in [4.69, 9.17) is 4.43 Å². The van der Waals surface area contributed by atoms with Crippen molar-refractivity contribution in [2.24, 2.45) is 0 Å². The number of rotatable bonds is 3. The summed E-state index contributed by atoms with van der Waals surface area (Å²) in [5.74, 6) is 0. The monoisotopic (exact) mass is 182 g/mol. The van der Waals surface area contributed by atoms with Gasteiger partial charge in [0.05, 0.1) is 6.61 Å². The predicted molar refractivity (Wildman–Crippen MR) is 56.1 cm³/mol. The average molecular weight is 182 g/mol. The van der Waals surface area contributed by atoms with Crippen molar-refractivity contribution in [3.63, 3.8) is 0 Å². The van der Waals surface area contributed by atoms with Crippen molar-refractivity contribution in [1.29, 1.82) is 0 Å². The molecule has 0 aromatic rings. The predicted octanol–water partition coefficient (Wildman–Crippen LogP) is 2.19. The van der Waals surface area contributed by atoms with E-state index < -0.39 is 0 Å². The van der Waals surface area contributed by atoms with Gasteiger partial charge in [-0.05, 0) is 43.9 Å². The smallest absolute Gasteiger partial charge is 0.159 e. The minimum atomic E-state index is -0.229. The Kier molecular flexibility index (Phi) is 3.29. The van der Waals surface area contributed by atoms with Crippen LogP contribution in [-0.4, -0.2) is 16.4 Å². The molecule has 0 unspecified atom stereocenters. The summed E-state index contributed by atoms with van der Waals surface area (Å²) >= 11 is 0. The highest BCUT2D eigenvalue weighted by Gasteiger charge is 2.14. The van der Waals surface area contributed by atoms with Gasteiger partial charge in [-0.3, -0.25) is 0 Å². The summed E-state index contributed by atoms with van der Waals surface area (Å²) in [7, 11) is -0.229. The third kappa shape index (κ3) is 1.87. The fourth-order valence-electron chi connectivity index (χ4n) is 1.56. The zero-order chi connectivity index (χ0) is 9.14. The summed E-state index contributed by atoms with van der Waals surface area (Å²) in [5, 5.41) is 0. The molecule has 0 bridgehead atoms. The van der Waals surface area contributed by atoms with E-state index in [1.807, 2.05) is 0 Å². The van der Waals surface area contributed by atoms with Crippen molar-refractivity contribution in [1.82, 2.24) is 0 Å². The van der Waals surface area contributed by atoms with Gasteiger partial charge >= 0.3 is 0 Å². The largest absolute Gasteiger partial charge is 0.420 e. The minimum Gasteiger partial charge on any atom is -0.420 e. The molecule has 0 atom stereocenters. The highest BCUT2D eigenvalue weighted by atomic mass is 28.2. The molecule has 2 heteroatoms. The van der Waals surface area contributed by atoms with Gasteiger partial charge in [-0.1, -0.05) is 12.1 Å². The third-order valence-electron chi connectivity index (χ3n) is 2.69. The summed E-state index contributed by atoms with van der Waals surface area (Å²) in [6.07, 6.45) is 1.14. The highest BCUT2D eigenvalue weighted by molar-refractivity contribution is 6.24. The molecule has 0 aliphatic heterocycles. The molecule has 1 rings (SSSR count). The normalized spacial score (nSPS) is 19.0. The van der Waals surface area contributed by atoms with Crippen LogP contribution in [0.15, 0.2) is 22.3 Å². The van der Waals surface area contributed by atoms with E-state index in [2.05, 4.69) is 27.3 Å². The summed E-state index contributed by atoms with van der Waals surface area (Å²) in [5.41, 5.74) is 5.96. The van der Waals surface area contributed by atoms with Gasteiger partial charge in [0, 0.05) is 0 Å². The van der Waals surface area contributed by atoms with E-state index in [0.29, 0.717) is 0 Å². The zero-order valence-electron chi connectivity index (χ0n) is 8.53. The maximum atomic E-state index is 5.54. The first-order valence-corrected chi connectivity index (χ1v) is 6.59. The minimum absolute atomic E-state index is 0.229. The Labute approximate surface area is 77.4 Å². The molecule has 1 nitrogen and oxygen atoms in total. The van der Waals surface area contributed by atoms with Crippen molar-refractivity contribution < 1.29 is 4.43 Å². The maximum Gasteiger partial charge on any atom is 0.159 e. The number of hydrogen-bond acceptors (Lipinski definition) is 1. The zero-order valence-corrected chi connectivity index (χ0v) is 9.94. The lowest BCUT2D eigenvalue weighted by Gasteiger charge is -2.04. The Bertz CT molecular complexity index is 238. The fourth-order valence-corrected chi connectivity index (χ4v) is 2.01. The van der Waals surface area contributed by atoms with Gasteiger partial charge in [-0.15, -0.1) is 0 Å². The molecular weight excluding hydrogens is 164 g/mol. The van der Waals surface area contributed by atoms with Crippen LogP contribution >= 0.6 is 0 Å². The molecule has 0 aromatic heterocycles. The first-order chi connectivity index (χ1) is 5.66. The topological polar surface area (TPSA) is 9.23 Å². The van der Waals surface area contributed by atoms with E-state index in [1.165, 1.54) is 22.3 Å². The quantitative estimate of drug-likeness (QED) is 0.608. The van der Waals surface area contributed by atoms with Crippen molar-refractivity contribution in [2.75, 3.05) is 6.61 Å². The molecule has 0 radical (unpaired) electrons. The average Bonchev–Trinajstić information content (AvgIpc) is 2.30. The molecule has 0 saturated carbocycles. The highest BCUT2D eigenvalue weighted by Crippen LogP contribution is 2.31. The van der Waals surface area contributed by atoms with Crippen LogP contribution in [0, 0.1) is 0 Å². The molecule has 12 heavy (non-hydrogen) atoms. The molecule has 1 aliphatic carbocycles. The van der Waals surface area contributed by atoms with Gasteiger partial charge in [0.1, 0.15) is 0 Å². The number of allylic oxidation sites excluding steroid dienone is 3. The SMILES string of the molecule is C[SiH2]OCC1=C(C)C(C)=C(C)C1. The van der Waals surface area contributed by atoms with Crippen molar-refractivity contribution in [2.45, 2.75) is 33.7 Å². The van der Waals surface area contributed by atoms with Gasteiger partial charge in [0.25, 0.3) is 0 Å². The van der Waals surface area contributed by atoms with E-state index in [9.17, 15) is 0 Å². The van der Waals surface area contributed by atoms with Gasteiger partial charge in [-0.2, -0.15) is 0 Å². The number of hydrogen-bond donors (Lipinski definition) is 0. The van der Waals surface area contributed by atoms with Crippen LogP contribution in [0.1, 0.15) is 27.2 Å². The Morgan fingerprint density at radius 2 is 1.92 bits per heavy atom. The first-order valence-electron chi connectivity index (χ1n) is 4.60. The van der Waals surface area contributed by atoms with Crippen LogP contribution in [0.2, 0.25) is 6.55 Å². The van der Waals surface area contributed by atoms with Crippen molar-refractivity contribution in [3.8, 4) is 0 Å². The Balaban J connectivity index is 2.60. The second-order valence-corrected chi connectivity index (χ2v) is 4.43. The van der Waals surface area contributed by atoms with Crippen LogP contribution in [0.4, 0.5) is 0 Å².